The van der Waals surface area contributed by atoms with Crippen LogP contribution in [-0.2, 0) is 6.54 Å². The van der Waals surface area contributed by atoms with Crippen molar-refractivity contribution in [1.29, 1.82) is 0 Å². The number of pyridine rings is 1. The molecular formula is C21H23N5O3. The molecule has 150 valence electrons. The van der Waals surface area contributed by atoms with Crippen LogP contribution in [0.3, 0.4) is 0 Å². The van der Waals surface area contributed by atoms with Gasteiger partial charge in [0.15, 0.2) is 5.69 Å². The third-order valence-corrected chi connectivity index (χ3v) is 3.96. The molecule has 0 aliphatic heterocycles. The molecule has 8 heteroatoms. The molecule has 3 N–H and O–H groups in total. The van der Waals surface area contributed by atoms with Gasteiger partial charge in [0, 0.05) is 18.3 Å². The van der Waals surface area contributed by atoms with Crippen LogP contribution in [0.2, 0.25) is 0 Å². The Labute approximate surface area is 168 Å². The predicted molar refractivity (Wildman–Crippen MR) is 109 cm³/mol. The molecule has 2 heterocycles. The smallest absolute Gasteiger partial charge is 0.404 e. The Kier molecular flexibility index (Phi) is 5.63. The minimum absolute atomic E-state index is 0.166. The van der Waals surface area contributed by atoms with Crippen LogP contribution < -0.4 is 10.6 Å². The van der Waals surface area contributed by atoms with Crippen molar-refractivity contribution >= 4 is 12.0 Å². The molecule has 3 rings (SSSR count). The Hall–Kier alpha value is -3.68. The summed E-state index contributed by atoms with van der Waals surface area (Å²) in [6.07, 6.45) is 0.508. The van der Waals surface area contributed by atoms with Crippen LogP contribution >= 0.6 is 0 Å². The molecule has 0 radical (unpaired) electrons. The molecule has 0 atom stereocenters. The number of para-hydroxylation sites is 1. The van der Waals surface area contributed by atoms with Gasteiger partial charge in [-0.05, 0) is 50.6 Å². The van der Waals surface area contributed by atoms with Crippen LogP contribution in [-0.4, -0.2) is 37.4 Å². The van der Waals surface area contributed by atoms with Gasteiger partial charge in [-0.15, -0.1) is 0 Å². The highest BCUT2D eigenvalue weighted by atomic mass is 16.4. The lowest BCUT2D eigenvalue weighted by Gasteiger charge is -2.19. The molecule has 8 nitrogen and oxygen atoms in total. The number of carboxylic acid groups (broad SMARTS) is 1. The summed E-state index contributed by atoms with van der Waals surface area (Å²) in [5.41, 5.74) is 2.72. The second kappa shape index (κ2) is 8.14. The molecule has 2 aromatic heterocycles. The summed E-state index contributed by atoms with van der Waals surface area (Å²) in [7, 11) is 0. The molecule has 0 bridgehead atoms. The van der Waals surface area contributed by atoms with Gasteiger partial charge >= 0.3 is 6.09 Å². The number of carbonyl (C=O) groups excluding carboxylic acids is 1. The summed E-state index contributed by atoms with van der Waals surface area (Å²) in [6.45, 7) is 5.89. The van der Waals surface area contributed by atoms with Crippen LogP contribution in [0.1, 0.15) is 36.8 Å². The van der Waals surface area contributed by atoms with Gasteiger partial charge in [0.2, 0.25) is 0 Å². The summed E-state index contributed by atoms with van der Waals surface area (Å²) in [5.74, 6) is -0.268. The monoisotopic (exact) mass is 393 g/mol. The molecule has 0 spiro atoms. The van der Waals surface area contributed by atoms with E-state index in [1.165, 1.54) is 0 Å². The Balaban J connectivity index is 1.98. The standard InChI is InChI=1S/C21H23N5O3/c1-21(2,3)24-19(27)17-11-18(26(25-17)15-7-5-4-6-8-15)16-10-9-14(12-22-16)13-23-20(28)29/h4-12,23H,13H2,1-3H3,(H,24,27)(H,28,29). The van der Waals surface area contributed by atoms with Crippen molar-refractivity contribution in [2.75, 3.05) is 0 Å². The van der Waals surface area contributed by atoms with E-state index in [0.29, 0.717) is 11.4 Å². The predicted octanol–water partition coefficient (Wildman–Crippen LogP) is 3.23. The minimum atomic E-state index is -1.09. The van der Waals surface area contributed by atoms with Crippen LogP contribution in [0.4, 0.5) is 4.79 Å². The average molecular weight is 393 g/mol. The second-order valence-electron chi connectivity index (χ2n) is 7.58. The first-order valence-electron chi connectivity index (χ1n) is 9.13. The van der Waals surface area contributed by atoms with Crippen molar-refractivity contribution in [3.8, 4) is 17.1 Å². The average Bonchev–Trinajstić information content (AvgIpc) is 3.12. The first-order valence-corrected chi connectivity index (χ1v) is 9.13. The van der Waals surface area contributed by atoms with Crippen molar-refractivity contribution in [3.63, 3.8) is 0 Å². The molecule has 0 saturated heterocycles. The summed E-state index contributed by atoms with van der Waals surface area (Å²) in [6, 6.07) is 14.7. The van der Waals surface area contributed by atoms with Crippen LogP contribution in [0.25, 0.3) is 17.1 Å². The summed E-state index contributed by atoms with van der Waals surface area (Å²) >= 11 is 0. The van der Waals surface area contributed by atoms with Crippen LogP contribution in [0, 0.1) is 0 Å². The van der Waals surface area contributed by atoms with E-state index in [2.05, 4.69) is 20.7 Å². The maximum absolute atomic E-state index is 12.6. The van der Waals surface area contributed by atoms with E-state index in [4.69, 9.17) is 5.11 Å². The molecule has 0 aliphatic carbocycles. The number of nitrogens with zero attached hydrogens (tertiary/aromatic N) is 3. The zero-order valence-electron chi connectivity index (χ0n) is 16.5. The first kappa shape index (κ1) is 20.1. The number of benzene rings is 1. The van der Waals surface area contributed by atoms with Gasteiger partial charge in [0.25, 0.3) is 5.91 Å². The topological polar surface area (TPSA) is 109 Å². The summed E-state index contributed by atoms with van der Waals surface area (Å²) in [4.78, 5) is 27.7. The van der Waals surface area contributed by atoms with E-state index in [1.54, 1.807) is 29.1 Å². The molecule has 0 saturated carbocycles. The number of aromatic nitrogens is 3. The maximum atomic E-state index is 12.6. The molecule has 0 unspecified atom stereocenters. The zero-order valence-corrected chi connectivity index (χ0v) is 16.5. The molecule has 1 aromatic carbocycles. The molecule has 0 aliphatic rings. The van der Waals surface area contributed by atoms with E-state index in [-0.39, 0.29) is 23.7 Å². The number of hydrogen-bond donors (Lipinski definition) is 3. The number of amides is 2. The van der Waals surface area contributed by atoms with Crippen LogP contribution in [0.15, 0.2) is 54.7 Å². The second-order valence-corrected chi connectivity index (χ2v) is 7.58. The molecule has 29 heavy (non-hydrogen) atoms. The minimum Gasteiger partial charge on any atom is -0.465 e. The maximum Gasteiger partial charge on any atom is 0.404 e. The van der Waals surface area contributed by atoms with Crippen molar-refractivity contribution in [2.24, 2.45) is 0 Å². The lowest BCUT2D eigenvalue weighted by molar-refractivity contribution is 0.0914. The first-order chi connectivity index (χ1) is 13.7. The number of carbonyl (C=O) groups is 2. The van der Waals surface area contributed by atoms with Crippen molar-refractivity contribution < 1.29 is 14.7 Å². The zero-order chi connectivity index (χ0) is 21.0. The van der Waals surface area contributed by atoms with Gasteiger partial charge in [-0.3, -0.25) is 9.78 Å². The van der Waals surface area contributed by atoms with E-state index < -0.39 is 6.09 Å². The fourth-order valence-corrected chi connectivity index (χ4v) is 2.70. The van der Waals surface area contributed by atoms with Crippen LogP contribution in [0.5, 0.6) is 0 Å². The van der Waals surface area contributed by atoms with E-state index in [9.17, 15) is 9.59 Å². The SMILES string of the molecule is CC(C)(C)NC(=O)c1cc(-c2ccc(CNC(=O)O)cn2)n(-c2ccccc2)n1. The third kappa shape index (κ3) is 5.19. The third-order valence-electron chi connectivity index (χ3n) is 3.96. The number of nitrogens with one attached hydrogen (secondary N) is 2. The van der Waals surface area contributed by atoms with Gasteiger partial charge in [0.1, 0.15) is 0 Å². The largest absolute Gasteiger partial charge is 0.465 e. The Bertz CT molecular complexity index is 1010. The van der Waals surface area contributed by atoms with Gasteiger partial charge in [-0.2, -0.15) is 5.10 Å². The highest BCUT2D eigenvalue weighted by Gasteiger charge is 2.21. The van der Waals surface area contributed by atoms with Gasteiger partial charge < -0.3 is 15.7 Å². The summed E-state index contributed by atoms with van der Waals surface area (Å²) < 4.78 is 1.68. The number of rotatable bonds is 5. The molecule has 0 fully saturated rings. The molecular weight excluding hydrogens is 370 g/mol. The Morgan fingerprint density at radius 3 is 2.41 bits per heavy atom. The van der Waals surface area contributed by atoms with Gasteiger partial charge in [-0.1, -0.05) is 24.3 Å². The normalized spacial score (nSPS) is 11.1. The lowest BCUT2D eigenvalue weighted by atomic mass is 10.1. The van der Waals surface area contributed by atoms with Gasteiger partial charge in [0.05, 0.1) is 17.1 Å². The quantitative estimate of drug-likeness (QED) is 0.617. The van der Waals surface area contributed by atoms with Crippen molar-refractivity contribution in [2.45, 2.75) is 32.9 Å². The van der Waals surface area contributed by atoms with Gasteiger partial charge in [-0.25, -0.2) is 9.48 Å². The Morgan fingerprint density at radius 1 is 1.10 bits per heavy atom. The molecule has 3 aromatic rings. The van der Waals surface area contributed by atoms with E-state index >= 15 is 0 Å². The highest BCUT2D eigenvalue weighted by molar-refractivity contribution is 5.94. The summed E-state index contributed by atoms with van der Waals surface area (Å²) in [5, 5.41) is 18.4. The van der Waals surface area contributed by atoms with E-state index in [1.807, 2.05) is 51.1 Å². The van der Waals surface area contributed by atoms with Crippen molar-refractivity contribution in [3.05, 3.63) is 66.0 Å². The van der Waals surface area contributed by atoms with Crippen molar-refractivity contribution in [1.82, 2.24) is 25.4 Å². The number of hydrogen-bond acceptors (Lipinski definition) is 4. The highest BCUT2D eigenvalue weighted by Crippen LogP contribution is 2.23. The fraction of sp³-hybridized carbons (Fsp3) is 0.238. The fourth-order valence-electron chi connectivity index (χ4n) is 2.70. The molecule has 2 amide bonds. The Morgan fingerprint density at radius 2 is 1.83 bits per heavy atom. The lowest BCUT2D eigenvalue weighted by Crippen LogP contribution is -2.40. The van der Waals surface area contributed by atoms with E-state index in [0.717, 1.165) is 11.3 Å².